The molecule has 3 N–H and O–H groups in total. The van der Waals surface area contributed by atoms with Gasteiger partial charge in [0.1, 0.15) is 10.8 Å². The number of carbonyl (C=O) groups is 1. The zero-order valence-electron chi connectivity index (χ0n) is 12.6. The smallest absolute Gasteiger partial charge is 0.311 e. The van der Waals surface area contributed by atoms with Crippen molar-refractivity contribution in [1.29, 1.82) is 0 Å². The van der Waals surface area contributed by atoms with Gasteiger partial charge in [-0.1, -0.05) is 18.3 Å². The minimum Gasteiger partial charge on any atom is -0.492 e. The Balaban J connectivity index is 2.12. The highest BCUT2D eigenvalue weighted by atomic mass is 32.1. The summed E-state index contributed by atoms with van der Waals surface area (Å²) in [4.78, 5) is 30.9. The highest BCUT2D eigenvalue weighted by molar-refractivity contribution is 7.16. The average Bonchev–Trinajstić information content (AvgIpc) is 2.99. The van der Waals surface area contributed by atoms with Crippen LogP contribution in [0.25, 0.3) is 10.3 Å². The van der Waals surface area contributed by atoms with Crippen LogP contribution in [0.2, 0.25) is 0 Å². The Morgan fingerprint density at radius 2 is 2.30 bits per heavy atom. The first-order valence-corrected chi connectivity index (χ1v) is 7.92. The van der Waals surface area contributed by atoms with E-state index in [1.54, 1.807) is 0 Å². The number of nitrogen functional groups attached to an aromatic ring is 1. The molecule has 1 fully saturated rings. The number of ether oxygens (including phenoxy) is 2. The molecule has 3 rings (SSSR count). The summed E-state index contributed by atoms with van der Waals surface area (Å²) in [6.45, 7) is 3.25. The van der Waals surface area contributed by atoms with Crippen LogP contribution in [0.15, 0.2) is 4.79 Å². The van der Waals surface area contributed by atoms with E-state index in [9.17, 15) is 14.7 Å². The molecule has 0 spiro atoms. The van der Waals surface area contributed by atoms with E-state index >= 15 is 0 Å². The maximum Gasteiger partial charge on any atom is 0.311 e. The minimum absolute atomic E-state index is 0.140. The predicted octanol–water partition coefficient (Wildman–Crippen LogP) is 0.770. The number of anilines is 1. The molecule has 0 unspecified atom stereocenters. The number of rotatable bonds is 3. The van der Waals surface area contributed by atoms with Crippen LogP contribution in [-0.4, -0.2) is 37.8 Å². The van der Waals surface area contributed by atoms with Crippen LogP contribution in [0.3, 0.4) is 0 Å². The molecule has 0 radical (unpaired) electrons. The fourth-order valence-corrected chi connectivity index (χ4v) is 3.51. The second kappa shape index (κ2) is 5.78. The molecule has 1 aliphatic heterocycles. The molecule has 0 aliphatic carbocycles. The molecule has 0 saturated carbocycles. The fourth-order valence-electron chi connectivity index (χ4n) is 2.67. The number of nitrogens with two attached hydrogens (primary N) is 1. The largest absolute Gasteiger partial charge is 0.492 e. The summed E-state index contributed by atoms with van der Waals surface area (Å²) in [6.07, 6.45) is -0.353. The Hall–Kier alpha value is -2.20. The molecule has 10 heteroatoms. The number of carbonyl (C=O) groups excluding carboxylic acids is 1. The van der Waals surface area contributed by atoms with Crippen molar-refractivity contribution in [3.63, 3.8) is 0 Å². The zero-order valence-corrected chi connectivity index (χ0v) is 13.4. The number of thiazole rings is 1. The lowest BCUT2D eigenvalue weighted by atomic mass is 10.1. The van der Waals surface area contributed by atoms with Gasteiger partial charge in [-0.25, -0.2) is 0 Å². The van der Waals surface area contributed by atoms with Gasteiger partial charge >= 0.3 is 10.8 Å². The second-order valence-electron chi connectivity index (χ2n) is 5.24. The first kappa shape index (κ1) is 15.7. The van der Waals surface area contributed by atoms with Gasteiger partial charge in [-0.3, -0.25) is 14.2 Å². The SMILES string of the molecule is CC[C@@H]1C[C@@H](OC(C)=O)[C@H](n2c(=O)sc3c(O)nc(N)nc32)O1. The van der Waals surface area contributed by atoms with Gasteiger partial charge in [0, 0.05) is 13.3 Å². The summed E-state index contributed by atoms with van der Waals surface area (Å²) < 4.78 is 12.6. The van der Waals surface area contributed by atoms with Gasteiger partial charge < -0.3 is 20.3 Å². The Kier molecular flexibility index (Phi) is 3.94. The molecular formula is C13H16N4O5S. The summed E-state index contributed by atoms with van der Waals surface area (Å²) in [7, 11) is 0. The van der Waals surface area contributed by atoms with Crippen LogP contribution in [0.1, 0.15) is 32.9 Å². The first-order valence-electron chi connectivity index (χ1n) is 7.11. The van der Waals surface area contributed by atoms with Gasteiger partial charge in [0.2, 0.25) is 11.8 Å². The third-order valence-electron chi connectivity index (χ3n) is 3.63. The number of nitrogens with zero attached hydrogens (tertiary/aromatic N) is 3. The van der Waals surface area contributed by atoms with Crippen molar-refractivity contribution in [2.24, 2.45) is 0 Å². The Morgan fingerprint density at radius 1 is 1.57 bits per heavy atom. The van der Waals surface area contributed by atoms with Crippen LogP contribution in [0.4, 0.5) is 5.95 Å². The highest BCUT2D eigenvalue weighted by Gasteiger charge is 2.40. The first-order chi connectivity index (χ1) is 10.9. The molecular weight excluding hydrogens is 324 g/mol. The summed E-state index contributed by atoms with van der Waals surface area (Å²) in [6, 6.07) is 0. The Morgan fingerprint density at radius 3 is 2.96 bits per heavy atom. The van der Waals surface area contributed by atoms with E-state index < -0.39 is 23.2 Å². The van der Waals surface area contributed by atoms with Gasteiger partial charge in [-0.2, -0.15) is 9.97 Å². The highest BCUT2D eigenvalue weighted by Crippen LogP contribution is 2.35. The molecule has 3 atom stereocenters. The lowest BCUT2D eigenvalue weighted by Gasteiger charge is -2.19. The van der Waals surface area contributed by atoms with E-state index in [4.69, 9.17) is 15.2 Å². The molecule has 9 nitrogen and oxygen atoms in total. The summed E-state index contributed by atoms with van der Waals surface area (Å²) >= 11 is 0.787. The Bertz CT molecular complexity index is 817. The molecule has 23 heavy (non-hydrogen) atoms. The molecule has 1 saturated heterocycles. The van der Waals surface area contributed by atoms with Gasteiger partial charge in [0.05, 0.1) is 6.10 Å². The average molecular weight is 340 g/mol. The van der Waals surface area contributed by atoms with E-state index in [1.807, 2.05) is 6.92 Å². The quantitative estimate of drug-likeness (QED) is 0.784. The lowest BCUT2D eigenvalue weighted by Crippen LogP contribution is -2.30. The number of esters is 1. The van der Waals surface area contributed by atoms with Crippen LogP contribution in [0.5, 0.6) is 5.88 Å². The minimum atomic E-state index is -0.807. The monoisotopic (exact) mass is 340 g/mol. The molecule has 3 heterocycles. The maximum absolute atomic E-state index is 12.4. The van der Waals surface area contributed by atoms with Crippen LogP contribution >= 0.6 is 11.3 Å². The number of aromatic nitrogens is 3. The van der Waals surface area contributed by atoms with Crippen molar-refractivity contribution < 1.29 is 19.4 Å². The van der Waals surface area contributed by atoms with Crippen molar-refractivity contribution in [1.82, 2.24) is 14.5 Å². The predicted molar refractivity (Wildman–Crippen MR) is 82.1 cm³/mol. The standard InChI is InChI=1S/C13H16N4O5S/c1-3-6-4-7(21-5(2)18)11(22-6)17-9-8(23-13(17)20)10(19)16-12(14)15-9/h6-7,11H,3-4H2,1-2H3,(H3,14,15,16,19)/t6-,7-,11-/m1/s1. The van der Waals surface area contributed by atoms with Crippen LogP contribution < -0.4 is 10.6 Å². The molecule has 2 aromatic rings. The van der Waals surface area contributed by atoms with E-state index in [1.165, 1.54) is 11.5 Å². The number of hydrogen-bond donors (Lipinski definition) is 2. The summed E-state index contributed by atoms with van der Waals surface area (Å²) in [5.41, 5.74) is 5.72. The van der Waals surface area contributed by atoms with E-state index in [2.05, 4.69) is 9.97 Å². The number of fused-ring (bicyclic) bond motifs is 1. The molecule has 0 amide bonds. The van der Waals surface area contributed by atoms with E-state index in [0.717, 1.165) is 11.3 Å². The van der Waals surface area contributed by atoms with Crippen molar-refractivity contribution >= 4 is 33.6 Å². The van der Waals surface area contributed by atoms with Crippen LogP contribution in [-0.2, 0) is 14.3 Å². The maximum atomic E-state index is 12.4. The van der Waals surface area contributed by atoms with Gasteiger partial charge in [-0.15, -0.1) is 0 Å². The van der Waals surface area contributed by atoms with Crippen molar-refractivity contribution in [2.75, 3.05) is 5.73 Å². The second-order valence-corrected chi connectivity index (χ2v) is 6.20. The normalized spacial score (nSPS) is 24.2. The van der Waals surface area contributed by atoms with Crippen molar-refractivity contribution in [3.8, 4) is 5.88 Å². The van der Waals surface area contributed by atoms with Gasteiger partial charge in [0.25, 0.3) is 0 Å². The molecule has 124 valence electrons. The number of hydrogen-bond acceptors (Lipinski definition) is 9. The third kappa shape index (κ3) is 2.75. The number of aromatic hydroxyl groups is 1. The topological polar surface area (TPSA) is 130 Å². The summed E-state index contributed by atoms with van der Waals surface area (Å²) in [5.74, 6) is -0.969. The zero-order chi connectivity index (χ0) is 16.7. The van der Waals surface area contributed by atoms with Gasteiger partial charge in [0.15, 0.2) is 11.9 Å². The fraction of sp³-hybridized carbons (Fsp3) is 0.538. The Labute approximate surface area is 134 Å². The third-order valence-corrected chi connectivity index (χ3v) is 4.57. The van der Waals surface area contributed by atoms with Crippen molar-refractivity contribution in [3.05, 3.63) is 9.67 Å². The van der Waals surface area contributed by atoms with Gasteiger partial charge in [-0.05, 0) is 6.42 Å². The van der Waals surface area contributed by atoms with E-state index in [-0.39, 0.29) is 28.3 Å². The van der Waals surface area contributed by atoms with Crippen LogP contribution in [0, 0.1) is 0 Å². The summed E-state index contributed by atoms with van der Waals surface area (Å²) in [5, 5.41) is 9.84. The van der Waals surface area contributed by atoms with Crippen molar-refractivity contribution in [2.45, 2.75) is 45.1 Å². The molecule has 0 bridgehead atoms. The molecule has 0 aromatic carbocycles. The molecule has 1 aliphatic rings. The molecule has 2 aromatic heterocycles. The van der Waals surface area contributed by atoms with E-state index in [0.29, 0.717) is 12.8 Å². The lowest BCUT2D eigenvalue weighted by molar-refractivity contribution is -0.152.